The molecule has 0 atom stereocenters. The molecule has 1 aromatic rings. The molecule has 0 amide bonds. The molecule has 12 heavy (non-hydrogen) atoms. The lowest BCUT2D eigenvalue weighted by Gasteiger charge is -2.04. The van der Waals surface area contributed by atoms with E-state index in [1.165, 1.54) is 11.1 Å². The van der Waals surface area contributed by atoms with Crippen molar-refractivity contribution < 1.29 is 5.11 Å². The van der Waals surface area contributed by atoms with E-state index >= 15 is 0 Å². The van der Waals surface area contributed by atoms with Crippen LogP contribution in [0.2, 0.25) is 0 Å². The van der Waals surface area contributed by atoms with E-state index in [-0.39, 0.29) is 6.61 Å². The van der Waals surface area contributed by atoms with Gasteiger partial charge in [0.25, 0.3) is 0 Å². The van der Waals surface area contributed by atoms with Crippen molar-refractivity contribution in [1.82, 2.24) is 0 Å². The van der Waals surface area contributed by atoms with Gasteiger partial charge >= 0.3 is 0 Å². The summed E-state index contributed by atoms with van der Waals surface area (Å²) in [5.74, 6) is 0. The van der Waals surface area contributed by atoms with Crippen LogP contribution in [-0.2, 0) is 6.42 Å². The summed E-state index contributed by atoms with van der Waals surface area (Å²) in [7, 11) is 0. The molecule has 0 aliphatic carbocycles. The van der Waals surface area contributed by atoms with Crippen LogP contribution in [0.15, 0.2) is 22.7 Å². The van der Waals surface area contributed by atoms with E-state index in [0.29, 0.717) is 0 Å². The van der Waals surface area contributed by atoms with E-state index in [1.807, 2.05) is 6.07 Å². The first kappa shape index (κ1) is 9.75. The van der Waals surface area contributed by atoms with Gasteiger partial charge in [0, 0.05) is 11.1 Å². The molecule has 0 radical (unpaired) electrons. The van der Waals surface area contributed by atoms with Crippen LogP contribution in [0.25, 0.3) is 0 Å². The highest BCUT2D eigenvalue weighted by Gasteiger charge is 1.97. The molecule has 0 aromatic heterocycles. The minimum Gasteiger partial charge on any atom is -0.396 e. The molecule has 0 spiro atoms. The van der Waals surface area contributed by atoms with E-state index in [4.69, 9.17) is 5.11 Å². The van der Waals surface area contributed by atoms with Crippen molar-refractivity contribution in [2.45, 2.75) is 19.8 Å². The zero-order valence-electron chi connectivity index (χ0n) is 7.18. The monoisotopic (exact) mass is 228 g/mol. The van der Waals surface area contributed by atoms with Gasteiger partial charge in [-0.15, -0.1) is 0 Å². The smallest absolute Gasteiger partial charge is 0.0434 e. The van der Waals surface area contributed by atoms with Crippen molar-refractivity contribution in [1.29, 1.82) is 0 Å². The van der Waals surface area contributed by atoms with Gasteiger partial charge in [-0.2, -0.15) is 0 Å². The average Bonchev–Trinajstić information content (AvgIpc) is 2.03. The topological polar surface area (TPSA) is 20.2 Å². The summed E-state index contributed by atoms with van der Waals surface area (Å²) in [4.78, 5) is 0. The summed E-state index contributed by atoms with van der Waals surface area (Å²) in [5, 5.41) is 8.66. The SMILES string of the molecule is Cc1cc(Br)ccc1CCCO. The second-order valence-electron chi connectivity index (χ2n) is 2.90. The molecule has 0 heterocycles. The van der Waals surface area contributed by atoms with Crippen LogP contribution in [0, 0.1) is 6.92 Å². The molecule has 0 aliphatic rings. The predicted octanol–water partition coefficient (Wildman–Crippen LogP) is 2.68. The van der Waals surface area contributed by atoms with Crippen molar-refractivity contribution in [2.75, 3.05) is 6.61 Å². The fourth-order valence-electron chi connectivity index (χ4n) is 1.21. The van der Waals surface area contributed by atoms with Crippen molar-refractivity contribution in [3.63, 3.8) is 0 Å². The highest BCUT2D eigenvalue weighted by atomic mass is 79.9. The summed E-state index contributed by atoms with van der Waals surface area (Å²) in [5.41, 5.74) is 2.62. The van der Waals surface area contributed by atoms with Gasteiger partial charge in [-0.3, -0.25) is 0 Å². The Morgan fingerprint density at radius 2 is 2.17 bits per heavy atom. The Bertz CT molecular complexity index is 258. The highest BCUT2D eigenvalue weighted by molar-refractivity contribution is 9.10. The Morgan fingerprint density at radius 3 is 2.75 bits per heavy atom. The van der Waals surface area contributed by atoms with E-state index in [9.17, 15) is 0 Å². The maximum absolute atomic E-state index is 8.66. The summed E-state index contributed by atoms with van der Waals surface area (Å²) in [6.45, 7) is 2.37. The van der Waals surface area contributed by atoms with E-state index in [2.05, 4.69) is 35.0 Å². The number of aliphatic hydroxyl groups is 1. The molecule has 1 aromatic carbocycles. The number of hydrogen-bond acceptors (Lipinski definition) is 1. The quantitative estimate of drug-likeness (QED) is 0.844. The minimum absolute atomic E-state index is 0.273. The van der Waals surface area contributed by atoms with Gasteiger partial charge in [0.15, 0.2) is 0 Å². The summed E-state index contributed by atoms with van der Waals surface area (Å²) in [6.07, 6.45) is 1.82. The first-order valence-corrected chi connectivity index (χ1v) is 4.89. The molecule has 0 saturated heterocycles. The maximum Gasteiger partial charge on any atom is 0.0434 e. The lowest BCUT2D eigenvalue weighted by molar-refractivity contribution is 0.288. The molecule has 1 nitrogen and oxygen atoms in total. The number of benzene rings is 1. The highest BCUT2D eigenvalue weighted by Crippen LogP contribution is 2.16. The summed E-state index contributed by atoms with van der Waals surface area (Å²) < 4.78 is 1.12. The van der Waals surface area contributed by atoms with Gasteiger partial charge in [0.1, 0.15) is 0 Å². The fraction of sp³-hybridized carbons (Fsp3) is 0.400. The van der Waals surface area contributed by atoms with E-state index in [1.54, 1.807) is 0 Å². The normalized spacial score (nSPS) is 10.2. The van der Waals surface area contributed by atoms with Gasteiger partial charge < -0.3 is 5.11 Å². The minimum atomic E-state index is 0.273. The average molecular weight is 229 g/mol. The van der Waals surface area contributed by atoms with Crippen LogP contribution in [-0.4, -0.2) is 11.7 Å². The Hall–Kier alpha value is -0.340. The van der Waals surface area contributed by atoms with Crippen molar-refractivity contribution in [2.24, 2.45) is 0 Å². The van der Waals surface area contributed by atoms with Crippen LogP contribution in [0.3, 0.4) is 0 Å². The zero-order chi connectivity index (χ0) is 8.97. The van der Waals surface area contributed by atoms with Gasteiger partial charge in [-0.1, -0.05) is 22.0 Å². The number of aliphatic hydroxyl groups excluding tert-OH is 1. The predicted molar refractivity (Wildman–Crippen MR) is 54.3 cm³/mol. The molecule has 0 fully saturated rings. The third-order valence-corrected chi connectivity index (χ3v) is 2.40. The second-order valence-corrected chi connectivity index (χ2v) is 3.81. The standard InChI is InChI=1S/C10H13BrO/c1-8-7-10(11)5-4-9(8)3-2-6-12/h4-5,7,12H,2-3,6H2,1H3. The molecule has 1 rings (SSSR count). The molecular weight excluding hydrogens is 216 g/mol. The Labute approximate surface area is 81.6 Å². The zero-order valence-corrected chi connectivity index (χ0v) is 8.76. The largest absolute Gasteiger partial charge is 0.396 e. The summed E-state index contributed by atoms with van der Waals surface area (Å²) >= 11 is 3.42. The van der Waals surface area contributed by atoms with Crippen molar-refractivity contribution in [3.05, 3.63) is 33.8 Å². The molecule has 0 bridgehead atoms. The lowest BCUT2D eigenvalue weighted by Crippen LogP contribution is -1.92. The van der Waals surface area contributed by atoms with Crippen molar-refractivity contribution in [3.8, 4) is 0 Å². The molecule has 0 unspecified atom stereocenters. The van der Waals surface area contributed by atoms with Crippen molar-refractivity contribution >= 4 is 15.9 Å². The first-order valence-electron chi connectivity index (χ1n) is 4.10. The van der Waals surface area contributed by atoms with Crippen LogP contribution in [0.5, 0.6) is 0 Å². The van der Waals surface area contributed by atoms with Gasteiger partial charge in [0.05, 0.1) is 0 Å². The van der Waals surface area contributed by atoms with Crippen LogP contribution in [0.1, 0.15) is 17.5 Å². The Morgan fingerprint density at radius 1 is 1.42 bits per heavy atom. The molecule has 0 aliphatic heterocycles. The Kier molecular flexibility index (Phi) is 3.76. The first-order chi connectivity index (χ1) is 5.74. The van der Waals surface area contributed by atoms with Gasteiger partial charge in [-0.05, 0) is 43.0 Å². The fourth-order valence-corrected chi connectivity index (χ4v) is 1.68. The molecule has 0 saturated carbocycles. The van der Waals surface area contributed by atoms with Crippen LogP contribution >= 0.6 is 15.9 Å². The molecule has 66 valence electrons. The third-order valence-electron chi connectivity index (χ3n) is 1.91. The van der Waals surface area contributed by atoms with Gasteiger partial charge in [-0.25, -0.2) is 0 Å². The summed E-state index contributed by atoms with van der Waals surface area (Å²) in [6, 6.07) is 6.25. The molecule has 1 N–H and O–H groups in total. The van der Waals surface area contributed by atoms with E-state index in [0.717, 1.165) is 17.3 Å². The lowest BCUT2D eigenvalue weighted by atomic mass is 10.0. The molecule has 2 heteroatoms. The number of hydrogen-bond donors (Lipinski definition) is 1. The molecular formula is C10H13BrO. The van der Waals surface area contributed by atoms with Gasteiger partial charge in [0.2, 0.25) is 0 Å². The number of aryl methyl sites for hydroxylation is 2. The number of halogens is 1. The maximum atomic E-state index is 8.66. The Balaban J connectivity index is 2.72. The second kappa shape index (κ2) is 4.63. The van der Waals surface area contributed by atoms with Crippen LogP contribution < -0.4 is 0 Å². The van der Waals surface area contributed by atoms with Crippen LogP contribution in [0.4, 0.5) is 0 Å². The number of rotatable bonds is 3. The third kappa shape index (κ3) is 2.61. The van der Waals surface area contributed by atoms with E-state index < -0.39 is 0 Å².